The van der Waals surface area contributed by atoms with Gasteiger partial charge in [0.1, 0.15) is 0 Å². The normalized spacial score (nSPS) is 15.4. The minimum atomic E-state index is -0.130. The van der Waals surface area contributed by atoms with Crippen LogP contribution in [0.25, 0.3) is 5.69 Å². The van der Waals surface area contributed by atoms with Crippen LogP contribution in [0.3, 0.4) is 0 Å². The maximum Gasteiger partial charge on any atom is 0.169 e. The first-order valence-corrected chi connectivity index (χ1v) is 10.00. The molecule has 1 heterocycles. The highest BCUT2D eigenvalue weighted by molar-refractivity contribution is 6.42. The number of anilines is 2. The van der Waals surface area contributed by atoms with E-state index in [2.05, 4.69) is 19.2 Å². The van der Waals surface area contributed by atoms with E-state index in [4.69, 9.17) is 39.9 Å². The third-order valence-electron chi connectivity index (χ3n) is 4.80. The Balaban J connectivity index is 1.84. The Labute approximate surface area is 178 Å². The molecule has 0 saturated heterocycles. The van der Waals surface area contributed by atoms with Crippen LogP contribution in [0, 0.1) is 5.41 Å². The predicted octanol–water partition coefficient (Wildman–Crippen LogP) is 6.73. The van der Waals surface area contributed by atoms with E-state index in [1.165, 1.54) is 0 Å². The van der Waals surface area contributed by atoms with Gasteiger partial charge in [0.05, 0.1) is 27.0 Å². The summed E-state index contributed by atoms with van der Waals surface area (Å²) in [5.74, 6) is 0.595. The van der Waals surface area contributed by atoms with Crippen LogP contribution >= 0.6 is 34.8 Å². The van der Waals surface area contributed by atoms with Crippen molar-refractivity contribution in [3.8, 4) is 5.69 Å². The first kappa shape index (κ1) is 19.3. The molecule has 1 aliphatic carbocycles. The molecule has 0 amide bonds. The standard InChI is InChI=1S/C21H18Cl3N3O/c1-21(2)10-17-19(18(28)11-21)20(25-13-5-8-15(23)16(24)9-13)26-27(17)14-6-3-12(22)4-7-14/h3-9H,10-11H2,1-2H3,(H,25,26). The average molecular weight is 435 g/mol. The topological polar surface area (TPSA) is 46.9 Å². The summed E-state index contributed by atoms with van der Waals surface area (Å²) in [4.78, 5) is 13.0. The van der Waals surface area contributed by atoms with Crippen molar-refractivity contribution in [2.75, 3.05) is 5.32 Å². The van der Waals surface area contributed by atoms with Crippen LogP contribution in [0.1, 0.15) is 36.3 Å². The smallest absolute Gasteiger partial charge is 0.169 e. The summed E-state index contributed by atoms with van der Waals surface area (Å²) in [6.07, 6.45) is 1.22. The first-order chi connectivity index (χ1) is 13.2. The van der Waals surface area contributed by atoms with Crippen LogP contribution in [-0.4, -0.2) is 15.6 Å². The van der Waals surface area contributed by atoms with Gasteiger partial charge in [-0.3, -0.25) is 4.79 Å². The van der Waals surface area contributed by atoms with Gasteiger partial charge in [-0.25, -0.2) is 4.68 Å². The molecule has 1 N–H and O–H groups in total. The summed E-state index contributed by atoms with van der Waals surface area (Å²) >= 11 is 18.2. The van der Waals surface area contributed by atoms with Crippen LogP contribution in [0.4, 0.5) is 11.5 Å². The number of Topliss-reactive ketones (excluding diaryl/α,β-unsaturated/α-hetero) is 1. The van der Waals surface area contributed by atoms with Gasteiger partial charge in [-0.15, -0.1) is 5.10 Å². The van der Waals surface area contributed by atoms with E-state index in [0.29, 0.717) is 32.9 Å². The predicted molar refractivity (Wildman–Crippen MR) is 115 cm³/mol. The molecular weight excluding hydrogens is 417 g/mol. The minimum absolute atomic E-state index is 0.0778. The van der Waals surface area contributed by atoms with Crippen molar-refractivity contribution in [2.45, 2.75) is 26.7 Å². The maximum absolute atomic E-state index is 13.0. The zero-order valence-corrected chi connectivity index (χ0v) is 17.7. The molecule has 2 aromatic carbocycles. The Morgan fingerprint density at radius 1 is 1.00 bits per heavy atom. The van der Waals surface area contributed by atoms with Crippen LogP contribution in [-0.2, 0) is 6.42 Å². The molecule has 144 valence electrons. The molecule has 0 bridgehead atoms. The SMILES string of the molecule is CC1(C)CC(=O)c2c(Nc3ccc(Cl)c(Cl)c3)nn(-c3ccc(Cl)cc3)c2C1. The molecule has 0 fully saturated rings. The van der Waals surface area contributed by atoms with Gasteiger partial charge in [0.2, 0.25) is 0 Å². The van der Waals surface area contributed by atoms with Crippen molar-refractivity contribution in [2.24, 2.45) is 5.41 Å². The first-order valence-electron chi connectivity index (χ1n) is 8.87. The zero-order valence-electron chi connectivity index (χ0n) is 15.4. The molecular formula is C21H18Cl3N3O. The highest BCUT2D eigenvalue weighted by Gasteiger charge is 2.37. The van der Waals surface area contributed by atoms with Gasteiger partial charge in [0.25, 0.3) is 0 Å². The molecule has 7 heteroatoms. The third-order valence-corrected chi connectivity index (χ3v) is 5.79. The summed E-state index contributed by atoms with van der Waals surface area (Å²) in [6.45, 7) is 4.19. The van der Waals surface area contributed by atoms with Crippen molar-refractivity contribution in [3.63, 3.8) is 0 Å². The highest BCUT2D eigenvalue weighted by atomic mass is 35.5. The van der Waals surface area contributed by atoms with E-state index in [-0.39, 0.29) is 11.2 Å². The number of hydrogen-bond donors (Lipinski definition) is 1. The van der Waals surface area contributed by atoms with Gasteiger partial charge < -0.3 is 5.32 Å². The van der Waals surface area contributed by atoms with Crippen molar-refractivity contribution in [1.29, 1.82) is 0 Å². The zero-order chi connectivity index (χ0) is 20.1. The second-order valence-corrected chi connectivity index (χ2v) is 9.00. The fourth-order valence-electron chi connectivity index (χ4n) is 3.54. The van der Waals surface area contributed by atoms with Gasteiger partial charge in [0.15, 0.2) is 11.6 Å². The molecule has 4 nitrogen and oxygen atoms in total. The lowest BCUT2D eigenvalue weighted by Gasteiger charge is -2.29. The molecule has 0 unspecified atom stereocenters. The molecule has 4 rings (SSSR count). The second-order valence-electron chi connectivity index (χ2n) is 7.75. The fourth-order valence-corrected chi connectivity index (χ4v) is 3.97. The Kier molecular flexibility index (Phi) is 4.90. The number of halogens is 3. The Morgan fingerprint density at radius 3 is 2.39 bits per heavy atom. The van der Waals surface area contributed by atoms with Gasteiger partial charge in [-0.05, 0) is 54.3 Å². The molecule has 0 aliphatic heterocycles. The summed E-state index contributed by atoms with van der Waals surface area (Å²) in [5, 5.41) is 9.51. The fraction of sp³-hybridized carbons (Fsp3) is 0.238. The number of benzene rings is 2. The van der Waals surface area contributed by atoms with Gasteiger partial charge in [0, 0.05) is 17.1 Å². The Hall–Kier alpha value is -2.01. The van der Waals surface area contributed by atoms with Crippen molar-refractivity contribution in [1.82, 2.24) is 9.78 Å². The van der Waals surface area contributed by atoms with Crippen molar-refractivity contribution in [3.05, 3.63) is 68.8 Å². The van der Waals surface area contributed by atoms with Gasteiger partial charge in [-0.2, -0.15) is 0 Å². The maximum atomic E-state index is 13.0. The number of nitrogens with zero attached hydrogens (tertiary/aromatic N) is 2. The quantitative estimate of drug-likeness (QED) is 0.497. The third kappa shape index (κ3) is 3.64. The highest BCUT2D eigenvalue weighted by Crippen LogP contribution is 2.40. The lowest BCUT2D eigenvalue weighted by atomic mass is 9.76. The van der Waals surface area contributed by atoms with Crippen LogP contribution in [0.15, 0.2) is 42.5 Å². The molecule has 3 aromatic rings. The van der Waals surface area contributed by atoms with E-state index in [1.54, 1.807) is 18.2 Å². The molecule has 1 aromatic heterocycles. The molecule has 0 atom stereocenters. The molecule has 28 heavy (non-hydrogen) atoms. The van der Waals surface area contributed by atoms with E-state index in [1.807, 2.05) is 28.9 Å². The number of hydrogen-bond acceptors (Lipinski definition) is 3. The summed E-state index contributed by atoms with van der Waals surface area (Å²) in [7, 11) is 0. The average Bonchev–Trinajstić information content (AvgIpc) is 2.96. The number of nitrogens with one attached hydrogen (secondary N) is 1. The number of carbonyl (C=O) groups is 1. The van der Waals surface area contributed by atoms with E-state index >= 15 is 0 Å². The Bertz CT molecular complexity index is 1070. The summed E-state index contributed by atoms with van der Waals surface area (Å²) in [6, 6.07) is 12.6. The van der Waals surface area contributed by atoms with Gasteiger partial charge >= 0.3 is 0 Å². The summed E-state index contributed by atoms with van der Waals surface area (Å²) < 4.78 is 1.82. The lowest BCUT2D eigenvalue weighted by Crippen LogP contribution is -2.28. The number of ketones is 1. The minimum Gasteiger partial charge on any atom is -0.338 e. The van der Waals surface area contributed by atoms with Crippen LogP contribution in [0.2, 0.25) is 15.1 Å². The van der Waals surface area contributed by atoms with E-state index in [9.17, 15) is 4.79 Å². The molecule has 0 saturated carbocycles. The van der Waals surface area contributed by atoms with E-state index in [0.717, 1.165) is 23.5 Å². The number of carbonyl (C=O) groups excluding carboxylic acids is 1. The molecule has 0 spiro atoms. The van der Waals surface area contributed by atoms with Crippen LogP contribution < -0.4 is 5.32 Å². The van der Waals surface area contributed by atoms with Crippen LogP contribution in [0.5, 0.6) is 0 Å². The molecule has 1 aliphatic rings. The number of rotatable bonds is 3. The second kappa shape index (κ2) is 7.11. The Morgan fingerprint density at radius 2 is 1.71 bits per heavy atom. The van der Waals surface area contributed by atoms with E-state index < -0.39 is 0 Å². The number of fused-ring (bicyclic) bond motifs is 1. The summed E-state index contributed by atoms with van der Waals surface area (Å²) in [5.41, 5.74) is 2.96. The number of aromatic nitrogens is 2. The largest absolute Gasteiger partial charge is 0.338 e. The van der Waals surface area contributed by atoms with Crippen molar-refractivity contribution < 1.29 is 4.79 Å². The van der Waals surface area contributed by atoms with Crippen molar-refractivity contribution >= 4 is 52.1 Å². The monoisotopic (exact) mass is 433 g/mol. The molecule has 0 radical (unpaired) electrons. The van der Waals surface area contributed by atoms with Gasteiger partial charge in [-0.1, -0.05) is 48.7 Å². The lowest BCUT2D eigenvalue weighted by molar-refractivity contribution is 0.0912.